The number of hydrogen-bond donors (Lipinski definition) is 1. The van der Waals surface area contributed by atoms with Crippen LogP contribution < -0.4 is 0 Å². The van der Waals surface area contributed by atoms with E-state index < -0.39 is 5.97 Å². The Labute approximate surface area is 177 Å². The van der Waals surface area contributed by atoms with Gasteiger partial charge in [-0.05, 0) is 81.2 Å². The molecule has 1 aliphatic heterocycles. The van der Waals surface area contributed by atoms with Crippen molar-refractivity contribution in [3.8, 4) is 0 Å². The first kappa shape index (κ1) is 21.8. The van der Waals surface area contributed by atoms with E-state index >= 15 is 0 Å². The smallest absolute Gasteiger partial charge is 0.343 e. The molecule has 0 aromatic carbocycles. The quantitative estimate of drug-likeness (QED) is 0.361. The summed E-state index contributed by atoms with van der Waals surface area (Å²) in [6.07, 6.45) is 15.2. The average molecular weight is 411 g/mol. The standard InChI is InChI=1S/C25H30O5/c1-17(6-4-8-18(2)12-23-24(26)19(3)25(27)30-23)7-5-9-20-13-22(29-16-20)14-21-10-11-28-15-21/h7,10-13,15-16,18,26H,4-6,8-9,14H2,1-3H3/b17-7-,23-12+. The van der Waals surface area contributed by atoms with Gasteiger partial charge in [0.25, 0.3) is 0 Å². The fourth-order valence-electron chi connectivity index (χ4n) is 3.50. The summed E-state index contributed by atoms with van der Waals surface area (Å²) in [7, 11) is 0. The maximum Gasteiger partial charge on any atom is 0.343 e. The largest absolute Gasteiger partial charge is 0.504 e. The van der Waals surface area contributed by atoms with Crippen molar-refractivity contribution in [3.63, 3.8) is 0 Å². The molecule has 1 unspecified atom stereocenters. The first-order chi connectivity index (χ1) is 14.4. The van der Waals surface area contributed by atoms with E-state index in [4.69, 9.17) is 13.6 Å². The number of furan rings is 2. The predicted octanol–water partition coefficient (Wildman–Crippen LogP) is 6.42. The van der Waals surface area contributed by atoms with E-state index in [1.807, 2.05) is 18.4 Å². The lowest BCUT2D eigenvalue weighted by Crippen LogP contribution is -1.97. The number of cyclic esters (lactones) is 1. The van der Waals surface area contributed by atoms with Gasteiger partial charge in [0.05, 0.1) is 24.4 Å². The Kier molecular flexibility index (Phi) is 7.39. The number of carbonyl (C=O) groups is 1. The fraction of sp³-hybridized carbons (Fsp3) is 0.400. The third-order valence-electron chi connectivity index (χ3n) is 5.36. The van der Waals surface area contributed by atoms with Crippen LogP contribution in [0.5, 0.6) is 0 Å². The molecule has 30 heavy (non-hydrogen) atoms. The van der Waals surface area contributed by atoms with E-state index in [0.717, 1.165) is 49.8 Å². The van der Waals surface area contributed by atoms with Crippen molar-refractivity contribution in [2.45, 2.75) is 59.3 Å². The van der Waals surface area contributed by atoms with Crippen molar-refractivity contribution < 1.29 is 23.5 Å². The normalized spacial score (nSPS) is 17.1. The summed E-state index contributed by atoms with van der Waals surface area (Å²) >= 11 is 0. The summed E-state index contributed by atoms with van der Waals surface area (Å²) in [6, 6.07) is 4.07. The Balaban J connectivity index is 1.37. The highest BCUT2D eigenvalue weighted by Crippen LogP contribution is 2.26. The Hall–Kier alpha value is -2.95. The van der Waals surface area contributed by atoms with Crippen molar-refractivity contribution >= 4 is 5.97 Å². The van der Waals surface area contributed by atoms with Gasteiger partial charge in [-0.15, -0.1) is 0 Å². The Morgan fingerprint density at radius 1 is 1.27 bits per heavy atom. The van der Waals surface area contributed by atoms with E-state index in [-0.39, 0.29) is 17.3 Å². The number of aryl methyl sites for hydroxylation is 1. The molecule has 0 bridgehead atoms. The molecular weight excluding hydrogens is 380 g/mol. The number of hydrogen-bond acceptors (Lipinski definition) is 5. The molecule has 2 aromatic heterocycles. The molecule has 1 aliphatic rings. The van der Waals surface area contributed by atoms with E-state index in [0.29, 0.717) is 5.76 Å². The molecule has 2 aromatic rings. The third kappa shape index (κ3) is 6.02. The molecule has 5 heteroatoms. The number of rotatable bonds is 10. The molecule has 0 fully saturated rings. The van der Waals surface area contributed by atoms with Crippen molar-refractivity contribution in [3.05, 3.63) is 82.6 Å². The lowest BCUT2D eigenvalue weighted by atomic mass is 9.99. The van der Waals surface area contributed by atoms with Crippen LogP contribution in [0.4, 0.5) is 0 Å². The van der Waals surface area contributed by atoms with Crippen molar-refractivity contribution in [2.75, 3.05) is 0 Å². The van der Waals surface area contributed by atoms with Crippen LogP contribution in [0.25, 0.3) is 0 Å². The molecular formula is C25H30O5. The zero-order valence-corrected chi connectivity index (χ0v) is 17.9. The van der Waals surface area contributed by atoms with E-state index in [1.54, 1.807) is 19.5 Å². The van der Waals surface area contributed by atoms with Gasteiger partial charge in [-0.1, -0.05) is 18.6 Å². The molecule has 0 radical (unpaired) electrons. The summed E-state index contributed by atoms with van der Waals surface area (Å²) in [5.41, 5.74) is 3.98. The summed E-state index contributed by atoms with van der Waals surface area (Å²) in [6.45, 7) is 5.81. The highest BCUT2D eigenvalue weighted by atomic mass is 16.6. The van der Waals surface area contributed by atoms with E-state index in [2.05, 4.69) is 26.0 Å². The van der Waals surface area contributed by atoms with Crippen LogP contribution in [0.1, 0.15) is 63.3 Å². The molecule has 0 saturated heterocycles. The van der Waals surface area contributed by atoms with Crippen LogP contribution in [0.2, 0.25) is 0 Å². The molecule has 1 atom stereocenters. The van der Waals surface area contributed by atoms with E-state index in [1.165, 1.54) is 11.1 Å². The number of carbonyl (C=O) groups excluding carboxylic acids is 1. The van der Waals surface area contributed by atoms with Crippen LogP contribution in [0, 0.1) is 5.92 Å². The van der Waals surface area contributed by atoms with Gasteiger partial charge in [0.2, 0.25) is 0 Å². The SMILES string of the molecule is CC1=C(O)/C(=C\C(C)CCC/C(C)=C\CCc2coc(Cc3ccoc3)c2)OC1=O. The minimum atomic E-state index is -0.462. The van der Waals surface area contributed by atoms with Gasteiger partial charge < -0.3 is 18.7 Å². The molecule has 160 valence electrons. The Morgan fingerprint density at radius 3 is 2.80 bits per heavy atom. The van der Waals surface area contributed by atoms with Crippen LogP contribution >= 0.6 is 0 Å². The van der Waals surface area contributed by atoms with Crippen LogP contribution in [0.15, 0.2) is 74.6 Å². The van der Waals surface area contributed by atoms with Gasteiger partial charge in [0.15, 0.2) is 11.5 Å². The highest BCUT2D eigenvalue weighted by molar-refractivity contribution is 5.93. The zero-order chi connectivity index (χ0) is 21.5. The minimum absolute atomic E-state index is 0.0323. The van der Waals surface area contributed by atoms with Crippen molar-refractivity contribution in [1.82, 2.24) is 0 Å². The second-order valence-corrected chi connectivity index (χ2v) is 8.08. The maximum atomic E-state index is 11.5. The van der Waals surface area contributed by atoms with Gasteiger partial charge >= 0.3 is 5.97 Å². The van der Waals surface area contributed by atoms with Gasteiger partial charge in [-0.25, -0.2) is 4.79 Å². The first-order valence-corrected chi connectivity index (χ1v) is 10.5. The van der Waals surface area contributed by atoms with Gasteiger partial charge in [-0.3, -0.25) is 0 Å². The minimum Gasteiger partial charge on any atom is -0.504 e. The molecule has 1 N–H and O–H groups in total. The summed E-state index contributed by atoms with van der Waals surface area (Å²) in [4.78, 5) is 11.5. The van der Waals surface area contributed by atoms with Gasteiger partial charge in [-0.2, -0.15) is 0 Å². The molecule has 3 rings (SSSR count). The lowest BCUT2D eigenvalue weighted by molar-refractivity contribution is -0.133. The first-order valence-electron chi connectivity index (χ1n) is 10.5. The maximum absolute atomic E-state index is 11.5. The monoisotopic (exact) mass is 410 g/mol. The van der Waals surface area contributed by atoms with Crippen LogP contribution in [-0.2, 0) is 22.4 Å². The molecule has 0 amide bonds. The van der Waals surface area contributed by atoms with Gasteiger partial charge in [0.1, 0.15) is 5.76 Å². The summed E-state index contributed by atoms with van der Waals surface area (Å²) < 4.78 is 15.8. The second kappa shape index (κ2) is 10.2. The molecule has 0 spiro atoms. The molecule has 5 nitrogen and oxygen atoms in total. The van der Waals surface area contributed by atoms with Crippen molar-refractivity contribution in [1.29, 1.82) is 0 Å². The fourth-order valence-corrected chi connectivity index (χ4v) is 3.50. The number of ether oxygens (including phenoxy) is 1. The topological polar surface area (TPSA) is 72.8 Å². The molecule has 0 aliphatic carbocycles. The zero-order valence-electron chi connectivity index (χ0n) is 17.9. The Bertz CT molecular complexity index is 940. The van der Waals surface area contributed by atoms with Crippen LogP contribution in [0.3, 0.4) is 0 Å². The second-order valence-electron chi connectivity index (χ2n) is 8.08. The summed E-state index contributed by atoms with van der Waals surface area (Å²) in [5, 5.41) is 9.89. The van der Waals surface area contributed by atoms with E-state index in [9.17, 15) is 9.90 Å². The molecule has 3 heterocycles. The number of aliphatic hydroxyl groups excluding tert-OH is 1. The Morgan fingerprint density at radius 2 is 2.10 bits per heavy atom. The van der Waals surface area contributed by atoms with Crippen molar-refractivity contribution in [2.24, 2.45) is 5.92 Å². The average Bonchev–Trinajstić information content (AvgIpc) is 3.43. The lowest BCUT2D eigenvalue weighted by Gasteiger charge is -2.08. The summed E-state index contributed by atoms with van der Waals surface area (Å²) in [5.74, 6) is 0.989. The number of allylic oxidation sites excluding steroid dienone is 3. The third-order valence-corrected chi connectivity index (χ3v) is 5.36. The van der Waals surface area contributed by atoms with Crippen LogP contribution in [-0.4, -0.2) is 11.1 Å². The number of esters is 1. The predicted molar refractivity (Wildman–Crippen MR) is 115 cm³/mol. The highest BCUT2D eigenvalue weighted by Gasteiger charge is 2.26. The number of aliphatic hydroxyl groups is 1. The molecule has 0 saturated carbocycles. The van der Waals surface area contributed by atoms with Gasteiger partial charge in [0, 0.05) is 6.42 Å².